The first-order valence-electron chi connectivity index (χ1n) is 6.19. The molecule has 0 bridgehead atoms. The third-order valence-electron chi connectivity index (χ3n) is 3.00. The van der Waals surface area contributed by atoms with Gasteiger partial charge in [0.2, 0.25) is 5.91 Å². The quantitative estimate of drug-likeness (QED) is 0.683. The lowest BCUT2D eigenvalue weighted by molar-refractivity contribution is -0.172. The molecule has 2 aromatic rings. The fourth-order valence-corrected chi connectivity index (χ4v) is 2.99. The van der Waals surface area contributed by atoms with Gasteiger partial charge in [-0.1, -0.05) is 30.3 Å². The molecule has 0 aliphatic heterocycles. The second kappa shape index (κ2) is 5.99. The monoisotopic (exact) mass is 275 g/mol. The SMILES string of the molecule is CC(=O)N(O)[C@H](C)c1ccc(Cc2ccccc2)s1. The maximum absolute atomic E-state index is 11.1. The molecular weight excluding hydrogens is 258 g/mol. The number of thiophene rings is 1. The number of rotatable bonds is 4. The highest BCUT2D eigenvalue weighted by molar-refractivity contribution is 7.12. The average Bonchev–Trinajstić information content (AvgIpc) is 2.86. The van der Waals surface area contributed by atoms with Crippen LogP contribution in [0.4, 0.5) is 0 Å². The van der Waals surface area contributed by atoms with Gasteiger partial charge in [-0.05, 0) is 24.6 Å². The summed E-state index contributed by atoms with van der Waals surface area (Å²) in [7, 11) is 0. The van der Waals surface area contributed by atoms with E-state index >= 15 is 0 Å². The molecule has 2 rings (SSSR count). The molecule has 0 radical (unpaired) electrons. The molecular formula is C15H17NO2S. The van der Waals surface area contributed by atoms with E-state index in [4.69, 9.17) is 0 Å². The van der Waals surface area contributed by atoms with Crippen LogP contribution in [-0.4, -0.2) is 16.2 Å². The Morgan fingerprint density at radius 1 is 1.26 bits per heavy atom. The minimum absolute atomic E-state index is 0.299. The van der Waals surface area contributed by atoms with E-state index in [1.54, 1.807) is 11.3 Å². The second-order valence-corrected chi connectivity index (χ2v) is 5.71. The molecule has 0 saturated carbocycles. The van der Waals surface area contributed by atoms with E-state index < -0.39 is 0 Å². The normalized spacial score (nSPS) is 12.2. The molecule has 3 nitrogen and oxygen atoms in total. The first-order valence-corrected chi connectivity index (χ1v) is 7.01. The summed E-state index contributed by atoms with van der Waals surface area (Å²) in [6.45, 7) is 3.18. The molecule has 0 fully saturated rings. The van der Waals surface area contributed by atoms with Gasteiger partial charge in [0.1, 0.15) is 0 Å². The zero-order chi connectivity index (χ0) is 13.8. The number of benzene rings is 1. The molecule has 1 aromatic carbocycles. The van der Waals surface area contributed by atoms with Crippen molar-refractivity contribution < 1.29 is 10.0 Å². The fraction of sp³-hybridized carbons (Fsp3) is 0.267. The topological polar surface area (TPSA) is 40.5 Å². The van der Waals surface area contributed by atoms with Crippen LogP contribution in [0.25, 0.3) is 0 Å². The Kier molecular flexibility index (Phi) is 4.35. The molecule has 1 amide bonds. The maximum atomic E-state index is 11.1. The van der Waals surface area contributed by atoms with Crippen LogP contribution in [0.1, 0.15) is 35.2 Å². The predicted molar refractivity (Wildman–Crippen MR) is 76.3 cm³/mol. The summed E-state index contributed by atoms with van der Waals surface area (Å²) >= 11 is 1.63. The summed E-state index contributed by atoms with van der Waals surface area (Å²) in [4.78, 5) is 13.4. The Morgan fingerprint density at radius 2 is 1.95 bits per heavy atom. The Morgan fingerprint density at radius 3 is 2.58 bits per heavy atom. The third-order valence-corrected chi connectivity index (χ3v) is 4.26. The summed E-state index contributed by atoms with van der Waals surface area (Å²) in [5.74, 6) is -0.342. The van der Waals surface area contributed by atoms with E-state index in [9.17, 15) is 10.0 Å². The van der Waals surface area contributed by atoms with Gasteiger partial charge in [-0.2, -0.15) is 0 Å². The molecule has 19 heavy (non-hydrogen) atoms. The van der Waals surface area contributed by atoms with Crippen LogP contribution in [-0.2, 0) is 11.2 Å². The van der Waals surface area contributed by atoms with Gasteiger partial charge in [0.15, 0.2) is 0 Å². The van der Waals surface area contributed by atoms with Gasteiger partial charge in [-0.25, -0.2) is 5.06 Å². The molecule has 0 aliphatic carbocycles. The second-order valence-electron chi connectivity index (χ2n) is 4.51. The lowest BCUT2D eigenvalue weighted by atomic mass is 10.1. The summed E-state index contributed by atoms with van der Waals surface area (Å²) in [6, 6.07) is 14.0. The smallest absolute Gasteiger partial charge is 0.243 e. The molecule has 0 saturated heterocycles. The molecule has 4 heteroatoms. The summed E-state index contributed by atoms with van der Waals surface area (Å²) < 4.78 is 0. The lowest BCUT2D eigenvalue weighted by Crippen LogP contribution is -2.27. The van der Waals surface area contributed by atoms with Crippen LogP contribution in [0.3, 0.4) is 0 Å². The number of amides is 1. The number of hydroxylamine groups is 2. The lowest BCUT2D eigenvalue weighted by Gasteiger charge is -2.19. The van der Waals surface area contributed by atoms with Crippen molar-refractivity contribution in [3.05, 3.63) is 57.8 Å². The standard InChI is InChI=1S/C15H17NO2S/c1-11(16(18)12(2)17)15-9-8-14(19-15)10-13-6-4-3-5-7-13/h3-9,11,18H,10H2,1-2H3/t11-/m1/s1. The van der Waals surface area contributed by atoms with E-state index in [2.05, 4.69) is 18.2 Å². The first kappa shape index (κ1) is 13.8. The number of hydrogen-bond acceptors (Lipinski definition) is 3. The highest BCUT2D eigenvalue weighted by atomic mass is 32.1. The number of carbonyl (C=O) groups is 1. The first-order chi connectivity index (χ1) is 9.08. The van der Waals surface area contributed by atoms with E-state index in [-0.39, 0.29) is 11.9 Å². The Balaban J connectivity index is 2.09. The maximum Gasteiger partial charge on any atom is 0.243 e. The molecule has 1 N–H and O–H groups in total. The fourth-order valence-electron chi connectivity index (χ4n) is 1.90. The van der Waals surface area contributed by atoms with Crippen molar-refractivity contribution in [3.8, 4) is 0 Å². The zero-order valence-electron chi connectivity index (χ0n) is 11.0. The van der Waals surface area contributed by atoms with Crippen molar-refractivity contribution in [2.24, 2.45) is 0 Å². The van der Waals surface area contributed by atoms with Crippen molar-refractivity contribution >= 4 is 17.2 Å². The van der Waals surface area contributed by atoms with Gasteiger partial charge in [0.05, 0.1) is 6.04 Å². The highest BCUT2D eigenvalue weighted by Gasteiger charge is 2.18. The van der Waals surface area contributed by atoms with Gasteiger partial charge in [-0.15, -0.1) is 11.3 Å². The molecule has 0 aliphatic rings. The van der Waals surface area contributed by atoms with Crippen LogP contribution in [0.2, 0.25) is 0 Å². The van der Waals surface area contributed by atoms with Gasteiger partial charge in [0.25, 0.3) is 0 Å². The Hall–Kier alpha value is -1.65. The Bertz CT molecular complexity index is 550. The van der Waals surface area contributed by atoms with Crippen molar-refractivity contribution in [3.63, 3.8) is 0 Å². The van der Waals surface area contributed by atoms with E-state index in [1.165, 1.54) is 17.4 Å². The molecule has 1 atom stereocenters. The summed E-state index contributed by atoms with van der Waals surface area (Å²) in [5, 5.41) is 10.4. The van der Waals surface area contributed by atoms with Crippen molar-refractivity contribution in [1.29, 1.82) is 0 Å². The highest BCUT2D eigenvalue weighted by Crippen LogP contribution is 2.28. The average molecular weight is 275 g/mol. The minimum Gasteiger partial charge on any atom is -0.285 e. The van der Waals surface area contributed by atoms with Crippen LogP contribution in [0.15, 0.2) is 42.5 Å². The van der Waals surface area contributed by atoms with Crippen LogP contribution in [0, 0.1) is 0 Å². The van der Waals surface area contributed by atoms with Gasteiger partial charge in [0, 0.05) is 23.1 Å². The van der Waals surface area contributed by atoms with Gasteiger partial charge < -0.3 is 0 Å². The van der Waals surface area contributed by atoms with Gasteiger partial charge in [-0.3, -0.25) is 10.0 Å². The van der Waals surface area contributed by atoms with Crippen molar-refractivity contribution in [1.82, 2.24) is 5.06 Å². The molecule has 0 unspecified atom stereocenters. The zero-order valence-corrected chi connectivity index (χ0v) is 11.9. The van der Waals surface area contributed by atoms with Crippen LogP contribution >= 0.6 is 11.3 Å². The summed E-state index contributed by atoms with van der Waals surface area (Å²) in [6.07, 6.45) is 0.879. The third kappa shape index (κ3) is 3.43. The number of nitrogens with zero attached hydrogens (tertiary/aromatic N) is 1. The molecule has 0 spiro atoms. The predicted octanol–water partition coefficient (Wildman–Crippen LogP) is 3.64. The number of carbonyl (C=O) groups excluding carboxylic acids is 1. The molecule has 1 aromatic heterocycles. The molecule has 100 valence electrons. The van der Waals surface area contributed by atoms with Crippen LogP contribution in [0.5, 0.6) is 0 Å². The molecule has 1 heterocycles. The number of hydrogen-bond donors (Lipinski definition) is 1. The van der Waals surface area contributed by atoms with E-state index in [0.29, 0.717) is 0 Å². The van der Waals surface area contributed by atoms with Gasteiger partial charge >= 0.3 is 0 Å². The van der Waals surface area contributed by atoms with Crippen molar-refractivity contribution in [2.75, 3.05) is 0 Å². The van der Waals surface area contributed by atoms with Crippen molar-refractivity contribution in [2.45, 2.75) is 26.3 Å². The van der Waals surface area contributed by atoms with E-state index in [1.807, 2.05) is 31.2 Å². The Labute approximate surface area is 117 Å². The van der Waals surface area contributed by atoms with E-state index in [0.717, 1.165) is 16.4 Å². The summed E-state index contributed by atoms with van der Waals surface area (Å²) in [5.41, 5.74) is 1.26. The largest absolute Gasteiger partial charge is 0.285 e. The van der Waals surface area contributed by atoms with Crippen LogP contribution < -0.4 is 0 Å². The minimum atomic E-state index is -0.342.